The number of thioether (sulfide) groups is 1. The normalized spacial score (nSPS) is 18.1. The summed E-state index contributed by atoms with van der Waals surface area (Å²) in [5, 5.41) is 0. The van der Waals surface area contributed by atoms with Crippen molar-refractivity contribution < 1.29 is 14.3 Å². The molecule has 1 aromatic carbocycles. The van der Waals surface area contributed by atoms with Crippen molar-refractivity contribution in [2.45, 2.75) is 30.8 Å². The molecule has 0 spiro atoms. The average molecular weight is 252 g/mol. The molecule has 1 aromatic rings. The fourth-order valence-electron chi connectivity index (χ4n) is 1.88. The van der Waals surface area contributed by atoms with E-state index in [4.69, 9.17) is 9.47 Å². The average Bonchev–Trinajstić information content (AvgIpc) is 2.37. The molecule has 0 radical (unpaired) electrons. The van der Waals surface area contributed by atoms with Gasteiger partial charge in [0.1, 0.15) is 5.75 Å². The van der Waals surface area contributed by atoms with Gasteiger partial charge in [-0.25, -0.2) is 4.79 Å². The molecule has 1 aliphatic rings. The number of hydrogen-bond donors (Lipinski definition) is 0. The summed E-state index contributed by atoms with van der Waals surface area (Å²) < 4.78 is 10.7. The van der Waals surface area contributed by atoms with Gasteiger partial charge in [-0.05, 0) is 43.7 Å². The third kappa shape index (κ3) is 2.75. The van der Waals surface area contributed by atoms with Crippen molar-refractivity contribution >= 4 is 17.7 Å². The second kappa shape index (κ2) is 5.45. The van der Waals surface area contributed by atoms with Gasteiger partial charge in [0.15, 0.2) is 6.10 Å². The zero-order valence-electron chi connectivity index (χ0n) is 10.1. The van der Waals surface area contributed by atoms with Crippen LogP contribution in [0.2, 0.25) is 0 Å². The molecule has 92 valence electrons. The maximum Gasteiger partial charge on any atom is 0.347 e. The van der Waals surface area contributed by atoms with Crippen molar-refractivity contribution in [1.82, 2.24) is 0 Å². The van der Waals surface area contributed by atoms with Gasteiger partial charge < -0.3 is 9.47 Å². The molecule has 1 heterocycles. The van der Waals surface area contributed by atoms with E-state index in [0.29, 0.717) is 13.0 Å². The lowest BCUT2D eigenvalue weighted by Crippen LogP contribution is -2.32. The quantitative estimate of drug-likeness (QED) is 0.612. The van der Waals surface area contributed by atoms with Crippen LogP contribution in [0.5, 0.6) is 5.75 Å². The van der Waals surface area contributed by atoms with Gasteiger partial charge >= 0.3 is 5.97 Å². The number of hydrogen-bond acceptors (Lipinski definition) is 4. The second-order valence-electron chi connectivity index (χ2n) is 3.87. The summed E-state index contributed by atoms with van der Waals surface area (Å²) in [7, 11) is 0. The number of fused-ring (bicyclic) bond motifs is 1. The molecule has 0 bridgehead atoms. The Kier molecular flexibility index (Phi) is 3.94. The van der Waals surface area contributed by atoms with E-state index in [1.165, 1.54) is 5.56 Å². The lowest BCUT2D eigenvalue weighted by Gasteiger charge is -2.24. The first-order chi connectivity index (χ1) is 8.24. The van der Waals surface area contributed by atoms with Crippen LogP contribution in [0.15, 0.2) is 23.1 Å². The van der Waals surface area contributed by atoms with E-state index < -0.39 is 6.10 Å². The molecule has 2 rings (SSSR count). The molecule has 0 saturated heterocycles. The van der Waals surface area contributed by atoms with Gasteiger partial charge in [0, 0.05) is 4.90 Å². The van der Waals surface area contributed by atoms with Crippen molar-refractivity contribution in [2.24, 2.45) is 0 Å². The Morgan fingerprint density at radius 3 is 3.12 bits per heavy atom. The van der Waals surface area contributed by atoms with E-state index >= 15 is 0 Å². The molecule has 0 aromatic heterocycles. The van der Waals surface area contributed by atoms with Crippen molar-refractivity contribution in [3.63, 3.8) is 0 Å². The number of carbonyl (C=O) groups excluding carboxylic acids is 1. The molecule has 1 atom stereocenters. The maximum atomic E-state index is 11.6. The highest BCUT2D eigenvalue weighted by molar-refractivity contribution is 7.98. The minimum atomic E-state index is -0.445. The molecule has 17 heavy (non-hydrogen) atoms. The number of rotatable bonds is 3. The third-order valence-electron chi connectivity index (χ3n) is 2.77. The number of benzene rings is 1. The van der Waals surface area contributed by atoms with Crippen LogP contribution >= 0.6 is 11.8 Å². The van der Waals surface area contributed by atoms with Crippen molar-refractivity contribution in [1.29, 1.82) is 0 Å². The molecule has 3 nitrogen and oxygen atoms in total. The summed E-state index contributed by atoms with van der Waals surface area (Å²) in [5.41, 5.74) is 1.17. The number of esters is 1. The van der Waals surface area contributed by atoms with Gasteiger partial charge in [-0.2, -0.15) is 0 Å². The SMILES string of the molecule is CCOC(=O)C1CCc2ccc(SC)cc2O1. The first-order valence-corrected chi connectivity index (χ1v) is 6.97. The first kappa shape index (κ1) is 12.3. The minimum absolute atomic E-state index is 0.257. The molecule has 0 aliphatic carbocycles. The van der Waals surface area contributed by atoms with Gasteiger partial charge in [-0.15, -0.1) is 11.8 Å². The fourth-order valence-corrected chi connectivity index (χ4v) is 2.31. The molecule has 0 saturated carbocycles. The Labute approximate surface area is 105 Å². The van der Waals surface area contributed by atoms with Gasteiger partial charge in [0.2, 0.25) is 0 Å². The second-order valence-corrected chi connectivity index (χ2v) is 4.75. The molecule has 0 fully saturated rings. The maximum absolute atomic E-state index is 11.6. The van der Waals surface area contributed by atoms with Crippen LogP contribution < -0.4 is 4.74 Å². The summed E-state index contributed by atoms with van der Waals surface area (Å²) in [5.74, 6) is 0.564. The minimum Gasteiger partial charge on any atom is -0.478 e. The summed E-state index contributed by atoms with van der Waals surface area (Å²) >= 11 is 1.67. The largest absolute Gasteiger partial charge is 0.478 e. The van der Waals surface area contributed by atoms with E-state index in [-0.39, 0.29) is 5.97 Å². The van der Waals surface area contributed by atoms with Crippen LogP contribution in [0.1, 0.15) is 18.9 Å². The Morgan fingerprint density at radius 1 is 1.59 bits per heavy atom. The van der Waals surface area contributed by atoms with Crippen LogP contribution in [0.25, 0.3) is 0 Å². The number of carbonyl (C=O) groups is 1. The Bertz CT molecular complexity index is 417. The van der Waals surface area contributed by atoms with Crippen LogP contribution in [0.3, 0.4) is 0 Å². The highest BCUT2D eigenvalue weighted by Gasteiger charge is 2.27. The van der Waals surface area contributed by atoms with E-state index in [9.17, 15) is 4.79 Å². The smallest absolute Gasteiger partial charge is 0.347 e. The predicted octanol–water partition coefficient (Wildman–Crippen LogP) is 2.67. The van der Waals surface area contributed by atoms with Crippen LogP contribution in [-0.4, -0.2) is 24.9 Å². The van der Waals surface area contributed by atoms with E-state index in [0.717, 1.165) is 17.1 Å². The molecule has 4 heteroatoms. The molecular formula is C13H16O3S. The lowest BCUT2D eigenvalue weighted by atomic mass is 10.0. The molecular weight excluding hydrogens is 236 g/mol. The summed E-state index contributed by atoms with van der Waals surface area (Å²) in [4.78, 5) is 12.8. The number of ether oxygens (including phenoxy) is 2. The standard InChI is InChI=1S/C13H16O3S/c1-3-15-13(14)11-7-5-9-4-6-10(17-2)8-12(9)16-11/h4,6,8,11H,3,5,7H2,1-2H3. The van der Waals surface area contributed by atoms with Crippen LogP contribution in [0.4, 0.5) is 0 Å². The molecule has 0 amide bonds. The highest BCUT2D eigenvalue weighted by atomic mass is 32.2. The van der Waals surface area contributed by atoms with E-state index in [1.807, 2.05) is 12.3 Å². The molecule has 1 unspecified atom stereocenters. The van der Waals surface area contributed by atoms with E-state index in [2.05, 4.69) is 12.1 Å². The zero-order chi connectivity index (χ0) is 12.3. The monoisotopic (exact) mass is 252 g/mol. The zero-order valence-corrected chi connectivity index (χ0v) is 10.9. The molecule has 1 aliphatic heterocycles. The van der Waals surface area contributed by atoms with Gasteiger partial charge in [0.05, 0.1) is 6.61 Å². The van der Waals surface area contributed by atoms with E-state index in [1.54, 1.807) is 18.7 Å². The summed E-state index contributed by atoms with van der Waals surface area (Å²) in [6, 6.07) is 6.14. The van der Waals surface area contributed by atoms with Crippen molar-refractivity contribution in [2.75, 3.05) is 12.9 Å². The summed E-state index contributed by atoms with van der Waals surface area (Å²) in [6.07, 6.45) is 3.14. The van der Waals surface area contributed by atoms with Crippen LogP contribution in [0, 0.1) is 0 Å². The first-order valence-electron chi connectivity index (χ1n) is 5.74. The van der Waals surface area contributed by atoms with Crippen molar-refractivity contribution in [3.8, 4) is 5.75 Å². The van der Waals surface area contributed by atoms with Crippen LogP contribution in [-0.2, 0) is 16.0 Å². The Hall–Kier alpha value is -1.16. The summed E-state index contributed by atoms with van der Waals surface area (Å²) in [6.45, 7) is 2.21. The topological polar surface area (TPSA) is 35.5 Å². The highest BCUT2D eigenvalue weighted by Crippen LogP contribution is 2.31. The fraction of sp³-hybridized carbons (Fsp3) is 0.462. The predicted molar refractivity (Wildman–Crippen MR) is 67.6 cm³/mol. The Morgan fingerprint density at radius 2 is 2.41 bits per heavy atom. The van der Waals surface area contributed by atoms with Crippen molar-refractivity contribution in [3.05, 3.63) is 23.8 Å². The number of aryl methyl sites for hydroxylation is 1. The molecule has 0 N–H and O–H groups in total. The third-order valence-corrected chi connectivity index (χ3v) is 3.49. The lowest BCUT2D eigenvalue weighted by molar-refractivity contribution is -0.152. The van der Waals surface area contributed by atoms with Gasteiger partial charge in [0.25, 0.3) is 0 Å². The Balaban J connectivity index is 2.14. The van der Waals surface area contributed by atoms with Gasteiger partial charge in [-0.3, -0.25) is 0 Å². The van der Waals surface area contributed by atoms with Gasteiger partial charge in [-0.1, -0.05) is 6.07 Å².